The molecule has 1 amide bonds. The Morgan fingerprint density at radius 1 is 1.18 bits per heavy atom. The molecule has 0 aliphatic carbocycles. The van der Waals surface area contributed by atoms with Crippen LogP contribution in [0.5, 0.6) is 5.75 Å². The molecule has 0 saturated heterocycles. The molecule has 0 aliphatic heterocycles. The van der Waals surface area contributed by atoms with Crippen LogP contribution in [0.2, 0.25) is 0 Å². The van der Waals surface area contributed by atoms with Gasteiger partial charge in [-0.05, 0) is 61.2 Å². The van der Waals surface area contributed by atoms with Gasteiger partial charge < -0.3 is 19.5 Å². The number of aryl methyl sites for hydroxylation is 4. The van der Waals surface area contributed by atoms with E-state index in [0.29, 0.717) is 18.0 Å². The highest BCUT2D eigenvalue weighted by Gasteiger charge is 2.19. The third-order valence-corrected chi connectivity index (χ3v) is 6.03. The van der Waals surface area contributed by atoms with Gasteiger partial charge >= 0.3 is 0 Å². The highest BCUT2D eigenvalue weighted by Crippen LogP contribution is 2.26. The Balaban J connectivity index is 1.27. The van der Waals surface area contributed by atoms with E-state index in [2.05, 4.69) is 20.4 Å². The molecule has 34 heavy (non-hydrogen) atoms. The first kappa shape index (κ1) is 21.5. The van der Waals surface area contributed by atoms with Gasteiger partial charge in [-0.3, -0.25) is 9.48 Å². The van der Waals surface area contributed by atoms with E-state index < -0.39 is 0 Å². The molecule has 5 rings (SSSR count). The number of oxazole rings is 1. The third kappa shape index (κ3) is 4.17. The number of amides is 1. The zero-order valence-electron chi connectivity index (χ0n) is 19.3. The van der Waals surface area contributed by atoms with Crippen LogP contribution in [0.4, 0.5) is 5.69 Å². The Labute approximate surface area is 196 Å². The predicted octanol–water partition coefficient (Wildman–Crippen LogP) is 5.14. The number of nitrogens with zero attached hydrogens (tertiary/aromatic N) is 3. The smallest absolute Gasteiger partial charge is 0.278 e. The highest BCUT2D eigenvalue weighted by atomic mass is 16.5. The van der Waals surface area contributed by atoms with E-state index in [4.69, 9.17) is 9.15 Å². The van der Waals surface area contributed by atoms with Crippen molar-refractivity contribution in [2.24, 2.45) is 0 Å². The quantitative estimate of drug-likeness (QED) is 0.354. The molecular formula is C26H25N5O3. The summed E-state index contributed by atoms with van der Waals surface area (Å²) >= 11 is 0. The minimum atomic E-state index is -0.342. The molecule has 8 nitrogen and oxygen atoms in total. The number of rotatable bonds is 7. The van der Waals surface area contributed by atoms with E-state index in [1.807, 2.05) is 67.3 Å². The zero-order chi connectivity index (χ0) is 23.7. The number of aromatic amines is 1. The van der Waals surface area contributed by atoms with Crippen LogP contribution < -0.4 is 10.1 Å². The number of fused-ring (bicyclic) bond motifs is 1. The number of H-pyrrole nitrogens is 1. The Morgan fingerprint density at radius 2 is 2.06 bits per heavy atom. The van der Waals surface area contributed by atoms with Gasteiger partial charge in [-0.15, -0.1) is 0 Å². The molecule has 2 N–H and O–H groups in total. The van der Waals surface area contributed by atoms with Crippen molar-refractivity contribution in [2.75, 3.05) is 12.4 Å². The van der Waals surface area contributed by atoms with E-state index in [-0.39, 0.29) is 11.6 Å². The maximum Gasteiger partial charge on any atom is 0.278 e. The van der Waals surface area contributed by atoms with Crippen molar-refractivity contribution in [3.8, 4) is 17.1 Å². The van der Waals surface area contributed by atoms with Crippen molar-refractivity contribution in [2.45, 2.75) is 26.8 Å². The first-order valence-electron chi connectivity index (χ1n) is 11.0. The van der Waals surface area contributed by atoms with Gasteiger partial charge in [0.15, 0.2) is 17.8 Å². The van der Waals surface area contributed by atoms with E-state index >= 15 is 0 Å². The largest absolute Gasteiger partial charge is 0.497 e. The van der Waals surface area contributed by atoms with Gasteiger partial charge in [0, 0.05) is 35.4 Å². The Kier molecular flexibility index (Phi) is 5.63. The first-order valence-corrected chi connectivity index (χ1v) is 11.0. The number of ether oxygens (including phenoxy) is 1. The maximum atomic E-state index is 12.9. The molecule has 0 bridgehead atoms. The van der Waals surface area contributed by atoms with E-state index in [1.165, 1.54) is 17.5 Å². The van der Waals surface area contributed by atoms with E-state index in [0.717, 1.165) is 34.2 Å². The summed E-state index contributed by atoms with van der Waals surface area (Å²) in [5.74, 6) is 0.929. The summed E-state index contributed by atoms with van der Waals surface area (Å²) in [7, 11) is 1.66. The molecule has 0 aliphatic rings. The van der Waals surface area contributed by atoms with Crippen molar-refractivity contribution in [1.29, 1.82) is 0 Å². The van der Waals surface area contributed by atoms with Gasteiger partial charge in [0.2, 0.25) is 0 Å². The van der Waals surface area contributed by atoms with Crippen molar-refractivity contribution in [1.82, 2.24) is 19.7 Å². The van der Waals surface area contributed by atoms with Crippen LogP contribution in [0.3, 0.4) is 0 Å². The molecule has 0 saturated carbocycles. The molecule has 0 fully saturated rings. The SMILES string of the molecule is COc1ccc2[nH]cc(CCn3cc(NC(=O)c4ncoc4-c4ccc(C)c(C)c4)cn3)c2c1. The monoisotopic (exact) mass is 455 g/mol. The van der Waals surface area contributed by atoms with E-state index in [9.17, 15) is 4.79 Å². The van der Waals surface area contributed by atoms with Crippen LogP contribution in [-0.2, 0) is 13.0 Å². The van der Waals surface area contributed by atoms with Gasteiger partial charge in [0.05, 0.1) is 19.0 Å². The number of anilines is 1. The van der Waals surface area contributed by atoms with Crippen molar-refractivity contribution in [3.05, 3.63) is 83.8 Å². The molecule has 0 unspecified atom stereocenters. The Bertz CT molecular complexity index is 1480. The summed E-state index contributed by atoms with van der Waals surface area (Å²) < 4.78 is 12.7. The lowest BCUT2D eigenvalue weighted by Gasteiger charge is -2.05. The van der Waals surface area contributed by atoms with Crippen LogP contribution in [0.25, 0.3) is 22.2 Å². The number of hydrogen-bond acceptors (Lipinski definition) is 5. The minimum Gasteiger partial charge on any atom is -0.497 e. The van der Waals surface area contributed by atoms with Crippen molar-refractivity contribution < 1.29 is 13.9 Å². The van der Waals surface area contributed by atoms with Gasteiger partial charge in [0.25, 0.3) is 5.91 Å². The summed E-state index contributed by atoms with van der Waals surface area (Å²) in [5.41, 5.74) is 6.19. The number of hydrogen-bond donors (Lipinski definition) is 2. The molecule has 0 radical (unpaired) electrons. The number of aromatic nitrogens is 4. The van der Waals surface area contributed by atoms with Gasteiger partial charge in [-0.25, -0.2) is 4.98 Å². The molecule has 2 aromatic carbocycles. The lowest BCUT2D eigenvalue weighted by atomic mass is 10.0. The second-order valence-electron chi connectivity index (χ2n) is 8.25. The summed E-state index contributed by atoms with van der Waals surface area (Å²) in [4.78, 5) is 20.3. The van der Waals surface area contributed by atoms with Crippen LogP contribution >= 0.6 is 0 Å². The highest BCUT2D eigenvalue weighted by molar-refractivity contribution is 6.06. The average Bonchev–Trinajstić information content (AvgIpc) is 3.59. The standard InChI is InChI=1S/C26H25N5O3/c1-16-4-5-18(10-17(16)2)25-24(28-15-34-25)26(32)30-20-13-29-31(14-20)9-8-19-12-27-23-7-6-21(33-3)11-22(19)23/h4-7,10-15,27H,8-9H2,1-3H3,(H,30,32). The average molecular weight is 456 g/mol. The second-order valence-corrected chi connectivity index (χ2v) is 8.25. The number of methoxy groups -OCH3 is 1. The van der Waals surface area contributed by atoms with Gasteiger partial charge in [0.1, 0.15) is 5.75 Å². The molecule has 172 valence electrons. The fraction of sp³-hybridized carbons (Fsp3) is 0.192. The van der Waals surface area contributed by atoms with Crippen LogP contribution in [-0.4, -0.2) is 32.8 Å². The third-order valence-electron chi connectivity index (χ3n) is 6.03. The lowest BCUT2D eigenvalue weighted by molar-refractivity contribution is 0.102. The van der Waals surface area contributed by atoms with Gasteiger partial charge in [-0.2, -0.15) is 5.10 Å². The van der Waals surface area contributed by atoms with Crippen molar-refractivity contribution >= 4 is 22.5 Å². The summed E-state index contributed by atoms with van der Waals surface area (Å²) in [5, 5.41) is 8.39. The number of benzene rings is 2. The number of nitrogens with one attached hydrogen (secondary N) is 2. The zero-order valence-corrected chi connectivity index (χ0v) is 19.3. The Hall–Kier alpha value is -4.33. The van der Waals surface area contributed by atoms with Crippen LogP contribution in [0, 0.1) is 13.8 Å². The first-order chi connectivity index (χ1) is 16.5. The van der Waals surface area contributed by atoms with E-state index in [1.54, 1.807) is 13.3 Å². The second kappa shape index (κ2) is 8.90. The topological polar surface area (TPSA) is 98.0 Å². The van der Waals surface area contributed by atoms with Crippen LogP contribution in [0.1, 0.15) is 27.2 Å². The molecule has 3 aromatic heterocycles. The molecule has 8 heteroatoms. The molecule has 0 atom stereocenters. The summed E-state index contributed by atoms with van der Waals surface area (Å²) in [6.07, 6.45) is 7.52. The fourth-order valence-electron chi connectivity index (χ4n) is 3.96. The fourth-order valence-corrected chi connectivity index (χ4v) is 3.96. The number of carbonyl (C=O) groups is 1. The summed E-state index contributed by atoms with van der Waals surface area (Å²) in [6, 6.07) is 11.9. The molecular weight excluding hydrogens is 430 g/mol. The lowest BCUT2D eigenvalue weighted by Crippen LogP contribution is -2.13. The minimum absolute atomic E-state index is 0.240. The molecule has 3 heterocycles. The molecule has 0 spiro atoms. The van der Waals surface area contributed by atoms with Crippen molar-refractivity contribution in [3.63, 3.8) is 0 Å². The molecule has 5 aromatic rings. The maximum absolute atomic E-state index is 12.9. The Morgan fingerprint density at radius 3 is 2.88 bits per heavy atom. The van der Waals surface area contributed by atoms with Gasteiger partial charge in [-0.1, -0.05) is 12.1 Å². The normalized spacial score (nSPS) is 11.1. The predicted molar refractivity (Wildman–Crippen MR) is 130 cm³/mol. The van der Waals surface area contributed by atoms with Crippen LogP contribution in [0.15, 0.2) is 65.8 Å². The summed E-state index contributed by atoms with van der Waals surface area (Å²) in [6.45, 7) is 4.73. The number of carbonyl (C=O) groups excluding carboxylic acids is 1.